The number of hydrogen-bond donors (Lipinski definition) is 2. The molecule has 1 aromatic heterocycles. The molecule has 1 aromatic rings. The van der Waals surface area contributed by atoms with Crippen molar-refractivity contribution >= 4 is 21.8 Å². The van der Waals surface area contributed by atoms with Gasteiger partial charge in [0.25, 0.3) is 0 Å². The Bertz CT molecular complexity index is 440. The second-order valence-corrected chi connectivity index (χ2v) is 5.83. The fourth-order valence-corrected chi connectivity index (χ4v) is 2.35. The minimum atomic E-state index is -0.543. The Morgan fingerprint density at radius 3 is 2.61 bits per heavy atom. The fraction of sp³-hybridized carbons (Fsp3) is 0.667. The molecule has 0 spiro atoms. The van der Waals surface area contributed by atoms with Crippen molar-refractivity contribution in [2.75, 3.05) is 6.54 Å². The van der Waals surface area contributed by atoms with Gasteiger partial charge < -0.3 is 11.1 Å². The lowest BCUT2D eigenvalue weighted by atomic mass is 9.93. The van der Waals surface area contributed by atoms with Gasteiger partial charge in [-0.15, -0.1) is 0 Å². The number of amides is 1. The van der Waals surface area contributed by atoms with Gasteiger partial charge >= 0.3 is 0 Å². The first-order valence-corrected chi connectivity index (χ1v) is 6.79. The SMILES string of the molecule is CCc1nn(C)c(CNCC(C)(C)C(N)=O)c1Br. The summed E-state index contributed by atoms with van der Waals surface area (Å²) in [6.07, 6.45) is 0.890. The highest BCUT2D eigenvalue weighted by atomic mass is 79.9. The lowest BCUT2D eigenvalue weighted by molar-refractivity contribution is -0.125. The number of nitrogens with one attached hydrogen (secondary N) is 1. The Kier molecular flexibility index (Phi) is 4.92. The number of carbonyl (C=O) groups excluding carboxylic acids is 1. The number of nitrogens with two attached hydrogens (primary N) is 1. The number of aryl methyl sites for hydroxylation is 2. The van der Waals surface area contributed by atoms with Gasteiger partial charge in [-0.05, 0) is 36.2 Å². The summed E-state index contributed by atoms with van der Waals surface area (Å²) in [5, 5.41) is 7.67. The molecule has 18 heavy (non-hydrogen) atoms. The highest BCUT2D eigenvalue weighted by molar-refractivity contribution is 9.10. The maximum absolute atomic E-state index is 11.2. The third-order valence-corrected chi connectivity index (χ3v) is 3.94. The highest BCUT2D eigenvalue weighted by Crippen LogP contribution is 2.21. The molecule has 0 aliphatic rings. The molecule has 1 rings (SSSR count). The van der Waals surface area contributed by atoms with Crippen molar-refractivity contribution in [1.29, 1.82) is 0 Å². The van der Waals surface area contributed by atoms with Crippen LogP contribution >= 0.6 is 15.9 Å². The number of primary amides is 1. The van der Waals surface area contributed by atoms with Crippen molar-refractivity contribution in [2.45, 2.75) is 33.7 Å². The summed E-state index contributed by atoms with van der Waals surface area (Å²) in [4.78, 5) is 11.2. The minimum absolute atomic E-state index is 0.298. The van der Waals surface area contributed by atoms with Crippen LogP contribution in [0.4, 0.5) is 0 Å². The van der Waals surface area contributed by atoms with Crippen molar-refractivity contribution in [1.82, 2.24) is 15.1 Å². The van der Waals surface area contributed by atoms with Gasteiger partial charge in [-0.25, -0.2) is 0 Å². The van der Waals surface area contributed by atoms with Crippen molar-refractivity contribution in [3.05, 3.63) is 15.9 Å². The molecular formula is C12H21BrN4O. The number of aromatic nitrogens is 2. The topological polar surface area (TPSA) is 72.9 Å². The van der Waals surface area contributed by atoms with Crippen LogP contribution in [0.5, 0.6) is 0 Å². The Balaban J connectivity index is 2.65. The van der Waals surface area contributed by atoms with E-state index in [-0.39, 0.29) is 5.91 Å². The maximum atomic E-state index is 11.2. The lowest BCUT2D eigenvalue weighted by Crippen LogP contribution is -2.40. The minimum Gasteiger partial charge on any atom is -0.369 e. The van der Waals surface area contributed by atoms with Gasteiger partial charge in [-0.1, -0.05) is 6.92 Å². The molecule has 102 valence electrons. The van der Waals surface area contributed by atoms with Crippen LogP contribution < -0.4 is 11.1 Å². The molecule has 0 atom stereocenters. The molecule has 3 N–H and O–H groups in total. The van der Waals surface area contributed by atoms with E-state index in [2.05, 4.69) is 33.3 Å². The third kappa shape index (κ3) is 3.32. The normalized spacial score (nSPS) is 11.8. The van der Waals surface area contributed by atoms with E-state index in [4.69, 9.17) is 5.73 Å². The van der Waals surface area contributed by atoms with Crippen LogP contribution in [0, 0.1) is 5.41 Å². The molecule has 0 saturated heterocycles. The zero-order valence-corrected chi connectivity index (χ0v) is 13.0. The summed E-state index contributed by atoms with van der Waals surface area (Å²) in [5.74, 6) is -0.298. The van der Waals surface area contributed by atoms with Crippen molar-refractivity contribution < 1.29 is 4.79 Å². The molecular weight excluding hydrogens is 296 g/mol. The van der Waals surface area contributed by atoms with Crippen LogP contribution in [-0.4, -0.2) is 22.2 Å². The first-order chi connectivity index (χ1) is 8.29. The smallest absolute Gasteiger partial charge is 0.224 e. The first-order valence-electron chi connectivity index (χ1n) is 6.00. The number of carbonyl (C=O) groups is 1. The molecule has 0 unspecified atom stereocenters. The van der Waals surface area contributed by atoms with E-state index >= 15 is 0 Å². The molecule has 0 bridgehead atoms. The molecule has 0 aromatic carbocycles. The van der Waals surface area contributed by atoms with Crippen LogP contribution in [0.1, 0.15) is 32.2 Å². The largest absolute Gasteiger partial charge is 0.369 e. The van der Waals surface area contributed by atoms with Gasteiger partial charge in [-0.2, -0.15) is 5.10 Å². The summed E-state index contributed by atoms with van der Waals surface area (Å²) >= 11 is 3.56. The zero-order chi connectivity index (χ0) is 13.9. The number of halogens is 1. The molecule has 1 amide bonds. The predicted octanol–water partition coefficient (Wildman–Crippen LogP) is 1.35. The van der Waals surface area contributed by atoms with Crippen LogP contribution in [0.15, 0.2) is 4.47 Å². The highest BCUT2D eigenvalue weighted by Gasteiger charge is 2.24. The Labute approximate surface area is 116 Å². The average Bonchev–Trinajstić information content (AvgIpc) is 2.55. The second kappa shape index (κ2) is 5.84. The standard InChI is InChI=1S/C12H21BrN4O/c1-5-8-10(13)9(17(4)16-8)6-15-7-12(2,3)11(14)18/h15H,5-7H2,1-4H3,(H2,14,18). The van der Waals surface area contributed by atoms with Gasteiger partial charge in [0.1, 0.15) is 0 Å². The molecule has 0 aliphatic heterocycles. The van der Waals surface area contributed by atoms with Gasteiger partial charge in [0.05, 0.1) is 21.3 Å². The Morgan fingerprint density at radius 2 is 2.17 bits per heavy atom. The van der Waals surface area contributed by atoms with Crippen LogP contribution in [0.25, 0.3) is 0 Å². The van der Waals surface area contributed by atoms with E-state index in [1.807, 2.05) is 25.6 Å². The van der Waals surface area contributed by atoms with E-state index in [0.29, 0.717) is 13.1 Å². The van der Waals surface area contributed by atoms with Gasteiger partial charge in [0, 0.05) is 20.1 Å². The average molecular weight is 317 g/mol. The summed E-state index contributed by atoms with van der Waals surface area (Å²) in [7, 11) is 1.92. The molecule has 0 saturated carbocycles. The van der Waals surface area contributed by atoms with Gasteiger partial charge in [0.2, 0.25) is 5.91 Å². The molecule has 0 aliphatic carbocycles. The maximum Gasteiger partial charge on any atom is 0.224 e. The summed E-state index contributed by atoms with van der Waals surface area (Å²) < 4.78 is 2.89. The van der Waals surface area contributed by atoms with Crippen molar-refractivity contribution in [3.63, 3.8) is 0 Å². The van der Waals surface area contributed by atoms with Gasteiger partial charge in [0.15, 0.2) is 0 Å². The molecule has 0 radical (unpaired) electrons. The van der Waals surface area contributed by atoms with E-state index < -0.39 is 5.41 Å². The third-order valence-electron chi connectivity index (χ3n) is 3.03. The lowest BCUT2D eigenvalue weighted by Gasteiger charge is -2.20. The van der Waals surface area contributed by atoms with E-state index in [1.165, 1.54) is 0 Å². The van der Waals surface area contributed by atoms with E-state index in [1.54, 1.807) is 0 Å². The quantitative estimate of drug-likeness (QED) is 0.832. The van der Waals surface area contributed by atoms with E-state index in [9.17, 15) is 4.79 Å². The molecule has 6 heteroatoms. The van der Waals surface area contributed by atoms with Crippen LogP contribution in [0.2, 0.25) is 0 Å². The van der Waals surface area contributed by atoms with E-state index in [0.717, 1.165) is 22.3 Å². The Morgan fingerprint density at radius 1 is 1.56 bits per heavy atom. The molecule has 1 heterocycles. The molecule has 0 fully saturated rings. The molecule has 5 nitrogen and oxygen atoms in total. The summed E-state index contributed by atoms with van der Waals surface area (Å²) in [6, 6.07) is 0. The summed E-state index contributed by atoms with van der Waals surface area (Å²) in [5.41, 5.74) is 6.91. The summed E-state index contributed by atoms with van der Waals surface area (Å²) in [6.45, 7) is 6.93. The van der Waals surface area contributed by atoms with Gasteiger partial charge in [-0.3, -0.25) is 9.48 Å². The van der Waals surface area contributed by atoms with Crippen LogP contribution in [0.3, 0.4) is 0 Å². The predicted molar refractivity (Wildman–Crippen MR) is 75.0 cm³/mol. The second-order valence-electron chi connectivity index (χ2n) is 5.04. The number of nitrogens with zero attached hydrogens (tertiary/aromatic N) is 2. The fourth-order valence-electron chi connectivity index (χ4n) is 1.59. The number of rotatable bonds is 6. The zero-order valence-electron chi connectivity index (χ0n) is 11.4. The van der Waals surface area contributed by atoms with Crippen molar-refractivity contribution in [3.8, 4) is 0 Å². The first kappa shape index (κ1) is 15.2. The van der Waals surface area contributed by atoms with Crippen molar-refractivity contribution in [2.24, 2.45) is 18.2 Å². The Hall–Kier alpha value is -0.880. The van der Waals surface area contributed by atoms with Crippen LogP contribution in [-0.2, 0) is 24.8 Å². The monoisotopic (exact) mass is 316 g/mol. The number of hydrogen-bond acceptors (Lipinski definition) is 3.